The lowest BCUT2D eigenvalue weighted by Gasteiger charge is -2.31. The van der Waals surface area contributed by atoms with E-state index in [0.29, 0.717) is 0 Å². The molecule has 1 aromatic rings. The molecule has 0 amide bonds. The molecule has 2 atom stereocenters. The van der Waals surface area contributed by atoms with E-state index in [2.05, 4.69) is 0 Å². The zero-order valence-electron chi connectivity index (χ0n) is 12.6. The third-order valence-corrected chi connectivity index (χ3v) is 4.50. The van der Waals surface area contributed by atoms with E-state index in [-0.39, 0.29) is 12.1 Å². The lowest BCUT2D eigenvalue weighted by atomic mass is 9.94. The first kappa shape index (κ1) is 14.5. The van der Waals surface area contributed by atoms with Gasteiger partial charge in [-0.05, 0) is 30.9 Å². The van der Waals surface area contributed by atoms with Crippen molar-refractivity contribution < 1.29 is 19.0 Å². The van der Waals surface area contributed by atoms with Crippen LogP contribution in [-0.4, -0.2) is 25.0 Å². The molecule has 4 nitrogen and oxygen atoms in total. The van der Waals surface area contributed by atoms with Crippen LogP contribution in [0.3, 0.4) is 0 Å². The van der Waals surface area contributed by atoms with Gasteiger partial charge in [0.1, 0.15) is 6.10 Å². The van der Waals surface area contributed by atoms with Gasteiger partial charge in [0.25, 0.3) is 0 Å². The van der Waals surface area contributed by atoms with Gasteiger partial charge in [0.15, 0.2) is 11.9 Å². The van der Waals surface area contributed by atoms with E-state index < -0.39 is 11.9 Å². The van der Waals surface area contributed by atoms with Gasteiger partial charge in [-0.1, -0.05) is 30.7 Å². The summed E-state index contributed by atoms with van der Waals surface area (Å²) in [4.78, 5) is 12.1. The fraction of sp³-hybridized carbons (Fsp3) is 0.588. The maximum Gasteiger partial charge on any atom is 0.338 e. The third-order valence-electron chi connectivity index (χ3n) is 4.50. The van der Waals surface area contributed by atoms with E-state index in [9.17, 15) is 4.79 Å². The SMILES string of the molecule is COC(=O)[C@@H]1OC2(CCCCC2)O[C@@H]1c1ccccc1C. The molecule has 114 valence electrons. The number of benzene rings is 1. The summed E-state index contributed by atoms with van der Waals surface area (Å²) in [5.41, 5.74) is 2.11. The predicted octanol–water partition coefficient (Wildman–Crippen LogP) is 3.28. The fourth-order valence-corrected chi connectivity index (χ4v) is 3.36. The lowest BCUT2D eigenvalue weighted by molar-refractivity contribution is -0.199. The van der Waals surface area contributed by atoms with Crippen LogP contribution in [0.15, 0.2) is 24.3 Å². The number of hydrogen-bond donors (Lipinski definition) is 0. The minimum atomic E-state index is -0.672. The minimum absolute atomic E-state index is 0.356. The maximum absolute atomic E-state index is 12.1. The van der Waals surface area contributed by atoms with Crippen molar-refractivity contribution >= 4 is 5.97 Å². The highest BCUT2D eigenvalue weighted by molar-refractivity contribution is 5.76. The smallest absolute Gasteiger partial charge is 0.338 e. The number of esters is 1. The Labute approximate surface area is 125 Å². The highest BCUT2D eigenvalue weighted by atomic mass is 16.8. The van der Waals surface area contributed by atoms with Crippen molar-refractivity contribution in [1.82, 2.24) is 0 Å². The number of aryl methyl sites for hydroxylation is 1. The van der Waals surface area contributed by atoms with E-state index in [4.69, 9.17) is 14.2 Å². The van der Waals surface area contributed by atoms with Gasteiger partial charge in [0, 0.05) is 12.8 Å². The van der Waals surface area contributed by atoms with Crippen molar-refractivity contribution in [2.75, 3.05) is 7.11 Å². The van der Waals surface area contributed by atoms with Crippen LogP contribution in [0.5, 0.6) is 0 Å². The summed E-state index contributed by atoms with van der Waals surface area (Å²) in [6.07, 6.45) is 4.01. The number of hydrogen-bond acceptors (Lipinski definition) is 4. The summed E-state index contributed by atoms with van der Waals surface area (Å²) in [6.45, 7) is 2.03. The van der Waals surface area contributed by atoms with Crippen LogP contribution in [0.2, 0.25) is 0 Å². The Morgan fingerprint density at radius 3 is 2.57 bits per heavy atom. The Kier molecular flexibility index (Phi) is 4.00. The summed E-state index contributed by atoms with van der Waals surface area (Å²) < 4.78 is 17.3. The maximum atomic E-state index is 12.1. The lowest BCUT2D eigenvalue weighted by Crippen LogP contribution is -2.35. The zero-order chi connectivity index (χ0) is 14.9. The van der Waals surface area contributed by atoms with Crippen molar-refractivity contribution in [3.05, 3.63) is 35.4 Å². The molecule has 1 saturated carbocycles. The molecule has 1 spiro atoms. The summed E-state index contributed by atoms with van der Waals surface area (Å²) in [6, 6.07) is 7.98. The average Bonchev–Trinajstić information content (AvgIpc) is 2.86. The fourth-order valence-electron chi connectivity index (χ4n) is 3.36. The van der Waals surface area contributed by atoms with Crippen LogP contribution >= 0.6 is 0 Å². The summed E-state index contributed by atoms with van der Waals surface area (Å²) in [5, 5.41) is 0. The molecule has 4 heteroatoms. The molecule has 0 radical (unpaired) electrons. The molecule has 1 aliphatic heterocycles. The number of ether oxygens (including phenoxy) is 3. The Hall–Kier alpha value is -1.39. The normalized spacial score (nSPS) is 27.7. The van der Waals surface area contributed by atoms with Gasteiger partial charge in [-0.15, -0.1) is 0 Å². The molecule has 1 saturated heterocycles. The first-order valence-electron chi connectivity index (χ1n) is 7.64. The zero-order valence-corrected chi connectivity index (χ0v) is 12.6. The Bertz CT molecular complexity index is 519. The molecule has 2 fully saturated rings. The second-order valence-corrected chi connectivity index (χ2v) is 5.93. The Morgan fingerprint density at radius 2 is 1.90 bits per heavy atom. The van der Waals surface area contributed by atoms with Crippen molar-refractivity contribution in [2.24, 2.45) is 0 Å². The third kappa shape index (κ3) is 2.70. The second kappa shape index (κ2) is 5.78. The Morgan fingerprint density at radius 1 is 1.19 bits per heavy atom. The first-order valence-corrected chi connectivity index (χ1v) is 7.64. The summed E-state index contributed by atoms with van der Waals surface area (Å²) in [5.74, 6) is -0.963. The van der Waals surface area contributed by atoms with Gasteiger partial charge in [-0.25, -0.2) is 4.79 Å². The molecular formula is C17H22O4. The standard InChI is InChI=1S/C17H22O4/c1-12-8-4-5-9-13(12)14-15(16(18)19-2)21-17(20-14)10-6-3-7-11-17/h4-5,8-9,14-15H,3,6-7,10-11H2,1-2H3/t14-,15-/m1/s1. The average molecular weight is 290 g/mol. The molecule has 1 aliphatic carbocycles. The van der Waals surface area contributed by atoms with Crippen molar-refractivity contribution in [1.29, 1.82) is 0 Å². The van der Waals surface area contributed by atoms with E-state index in [1.165, 1.54) is 13.5 Å². The molecule has 3 rings (SSSR count). The predicted molar refractivity (Wildman–Crippen MR) is 77.7 cm³/mol. The van der Waals surface area contributed by atoms with E-state index in [1.807, 2.05) is 31.2 Å². The second-order valence-electron chi connectivity index (χ2n) is 5.93. The van der Waals surface area contributed by atoms with Gasteiger partial charge < -0.3 is 14.2 Å². The highest BCUT2D eigenvalue weighted by Crippen LogP contribution is 2.46. The van der Waals surface area contributed by atoms with Crippen LogP contribution in [0.1, 0.15) is 49.3 Å². The number of carbonyl (C=O) groups excluding carboxylic acids is 1. The molecule has 0 bridgehead atoms. The summed E-state index contributed by atoms with van der Waals surface area (Å²) in [7, 11) is 1.40. The molecule has 21 heavy (non-hydrogen) atoms. The summed E-state index contributed by atoms with van der Waals surface area (Å²) >= 11 is 0. The number of carbonyl (C=O) groups is 1. The van der Waals surface area contributed by atoms with Crippen molar-refractivity contribution in [2.45, 2.75) is 57.0 Å². The van der Waals surface area contributed by atoms with Gasteiger partial charge in [0.2, 0.25) is 0 Å². The van der Waals surface area contributed by atoms with Gasteiger partial charge in [0.05, 0.1) is 7.11 Å². The van der Waals surface area contributed by atoms with Crippen molar-refractivity contribution in [3.8, 4) is 0 Å². The van der Waals surface area contributed by atoms with E-state index in [1.54, 1.807) is 0 Å². The van der Waals surface area contributed by atoms with Crippen LogP contribution in [0.4, 0.5) is 0 Å². The van der Waals surface area contributed by atoms with Crippen LogP contribution in [0, 0.1) is 6.92 Å². The molecular weight excluding hydrogens is 268 g/mol. The quantitative estimate of drug-likeness (QED) is 0.784. The minimum Gasteiger partial charge on any atom is -0.467 e. The molecule has 0 unspecified atom stereocenters. The van der Waals surface area contributed by atoms with Gasteiger partial charge in [-0.2, -0.15) is 0 Å². The van der Waals surface area contributed by atoms with Crippen molar-refractivity contribution in [3.63, 3.8) is 0 Å². The monoisotopic (exact) mass is 290 g/mol. The molecule has 2 aliphatic rings. The first-order chi connectivity index (χ1) is 10.2. The molecule has 0 N–H and O–H groups in total. The van der Waals surface area contributed by atoms with Gasteiger partial charge >= 0.3 is 5.97 Å². The van der Waals surface area contributed by atoms with E-state index in [0.717, 1.165) is 36.8 Å². The largest absolute Gasteiger partial charge is 0.467 e. The molecule has 1 aromatic carbocycles. The van der Waals surface area contributed by atoms with Crippen LogP contribution in [0.25, 0.3) is 0 Å². The number of rotatable bonds is 2. The molecule has 0 aromatic heterocycles. The number of methoxy groups -OCH3 is 1. The van der Waals surface area contributed by atoms with Gasteiger partial charge in [-0.3, -0.25) is 0 Å². The Balaban J connectivity index is 1.92. The van der Waals surface area contributed by atoms with Crippen LogP contribution in [-0.2, 0) is 19.0 Å². The van der Waals surface area contributed by atoms with Crippen LogP contribution < -0.4 is 0 Å². The van der Waals surface area contributed by atoms with E-state index >= 15 is 0 Å². The molecule has 1 heterocycles. The topological polar surface area (TPSA) is 44.8 Å². The highest BCUT2D eigenvalue weighted by Gasteiger charge is 2.52.